The van der Waals surface area contributed by atoms with Gasteiger partial charge in [0, 0.05) is 27.6 Å². The third-order valence-electron chi connectivity index (χ3n) is 4.05. The van der Waals surface area contributed by atoms with Crippen LogP contribution < -0.4 is 10.1 Å². The topological polar surface area (TPSA) is 21.3 Å². The van der Waals surface area contributed by atoms with Crippen LogP contribution in [0, 0.1) is 0 Å². The van der Waals surface area contributed by atoms with Crippen LogP contribution in [-0.4, -0.2) is 19.7 Å². The van der Waals surface area contributed by atoms with E-state index in [-0.39, 0.29) is 6.04 Å². The van der Waals surface area contributed by atoms with Crippen molar-refractivity contribution in [2.45, 2.75) is 18.4 Å². The second-order valence-corrected chi connectivity index (χ2v) is 6.13. The van der Waals surface area contributed by atoms with Gasteiger partial charge < -0.3 is 10.1 Å². The summed E-state index contributed by atoms with van der Waals surface area (Å²) in [6.45, 7) is 0.704. The number of halogens is 2. The van der Waals surface area contributed by atoms with Crippen LogP contribution >= 0.6 is 23.2 Å². The van der Waals surface area contributed by atoms with Crippen LogP contribution in [-0.2, 0) is 6.42 Å². The van der Waals surface area contributed by atoms with E-state index in [1.807, 2.05) is 31.3 Å². The Morgan fingerprint density at radius 3 is 2.81 bits per heavy atom. The normalized spacial score (nSPS) is 18.1. The summed E-state index contributed by atoms with van der Waals surface area (Å²) >= 11 is 12.3. The van der Waals surface area contributed by atoms with E-state index in [1.54, 1.807) is 6.07 Å². The lowest BCUT2D eigenvalue weighted by Crippen LogP contribution is -2.35. The third kappa shape index (κ3) is 3.03. The van der Waals surface area contributed by atoms with Gasteiger partial charge in [0.15, 0.2) is 0 Å². The molecule has 0 amide bonds. The molecular weight excluding hydrogens is 305 g/mol. The molecule has 1 heterocycles. The largest absolute Gasteiger partial charge is 0.493 e. The quantitative estimate of drug-likeness (QED) is 0.906. The van der Waals surface area contributed by atoms with Gasteiger partial charge in [-0.2, -0.15) is 0 Å². The fourth-order valence-electron chi connectivity index (χ4n) is 2.89. The van der Waals surface area contributed by atoms with Crippen LogP contribution in [0.1, 0.15) is 17.0 Å². The Morgan fingerprint density at radius 1 is 1.24 bits per heavy atom. The van der Waals surface area contributed by atoms with Crippen molar-refractivity contribution in [1.82, 2.24) is 5.32 Å². The molecule has 0 aromatic heterocycles. The maximum atomic E-state index is 6.29. The number of fused-ring (bicyclic) bond motifs is 1. The average Bonchev–Trinajstić information content (AvgIpc) is 2.91. The smallest absolute Gasteiger partial charge is 0.122 e. The number of rotatable bonds is 4. The fraction of sp³-hybridized carbons (Fsp3) is 0.294. The van der Waals surface area contributed by atoms with E-state index < -0.39 is 0 Å². The molecule has 2 unspecified atom stereocenters. The third-order valence-corrected chi connectivity index (χ3v) is 4.64. The van der Waals surface area contributed by atoms with Crippen LogP contribution in [0.2, 0.25) is 10.0 Å². The van der Waals surface area contributed by atoms with Crippen molar-refractivity contribution < 1.29 is 4.74 Å². The minimum Gasteiger partial charge on any atom is -0.493 e. The number of nitrogens with one attached hydrogen (secondary N) is 1. The minimum absolute atomic E-state index is 0.271. The number of hydrogen-bond donors (Lipinski definition) is 1. The van der Waals surface area contributed by atoms with E-state index in [9.17, 15) is 0 Å². The standard InChI is InChI=1S/C17H17Cl2NO/c1-20-16(8-11-6-7-12(18)9-15(11)19)14-10-21-17-5-3-2-4-13(14)17/h2-7,9,14,16,20H,8,10H2,1H3. The summed E-state index contributed by atoms with van der Waals surface area (Å²) in [4.78, 5) is 0. The second-order valence-electron chi connectivity index (χ2n) is 5.29. The Bertz CT molecular complexity index is 644. The molecule has 1 N–H and O–H groups in total. The van der Waals surface area contributed by atoms with Crippen LogP contribution in [0.5, 0.6) is 5.75 Å². The number of likely N-dealkylation sites (N-methyl/N-ethyl adjacent to an activating group) is 1. The van der Waals surface area contributed by atoms with Crippen molar-refractivity contribution >= 4 is 23.2 Å². The van der Waals surface area contributed by atoms with E-state index in [4.69, 9.17) is 27.9 Å². The Hall–Kier alpha value is -1.22. The van der Waals surface area contributed by atoms with Gasteiger partial charge in [-0.05, 0) is 37.2 Å². The first-order chi connectivity index (χ1) is 10.2. The molecule has 0 fully saturated rings. The van der Waals surface area contributed by atoms with Crippen molar-refractivity contribution in [3.63, 3.8) is 0 Å². The molecule has 21 heavy (non-hydrogen) atoms. The first-order valence-corrected chi connectivity index (χ1v) is 7.77. The lowest BCUT2D eigenvalue weighted by molar-refractivity contribution is 0.302. The molecule has 1 aliphatic rings. The number of benzene rings is 2. The summed E-state index contributed by atoms with van der Waals surface area (Å²) < 4.78 is 5.79. The molecule has 0 radical (unpaired) electrons. The summed E-state index contributed by atoms with van der Waals surface area (Å²) in [5.41, 5.74) is 2.37. The van der Waals surface area contributed by atoms with Crippen LogP contribution in [0.15, 0.2) is 42.5 Å². The van der Waals surface area contributed by atoms with E-state index >= 15 is 0 Å². The van der Waals surface area contributed by atoms with Gasteiger partial charge >= 0.3 is 0 Å². The van der Waals surface area contributed by atoms with Gasteiger partial charge in [0.2, 0.25) is 0 Å². The monoisotopic (exact) mass is 321 g/mol. The SMILES string of the molecule is CNC(Cc1ccc(Cl)cc1Cl)C1COc2ccccc21. The fourth-order valence-corrected chi connectivity index (χ4v) is 3.38. The molecule has 3 rings (SSSR count). The zero-order valence-electron chi connectivity index (χ0n) is 11.8. The van der Waals surface area contributed by atoms with Crippen LogP contribution in [0.4, 0.5) is 0 Å². The first kappa shape index (κ1) is 14.7. The van der Waals surface area contributed by atoms with Gasteiger partial charge in [0.1, 0.15) is 5.75 Å². The van der Waals surface area contributed by atoms with Gasteiger partial charge in [-0.25, -0.2) is 0 Å². The van der Waals surface area contributed by atoms with Crippen molar-refractivity contribution in [3.05, 3.63) is 63.6 Å². The summed E-state index contributed by atoms with van der Waals surface area (Å²) in [5.74, 6) is 1.32. The highest BCUT2D eigenvalue weighted by Gasteiger charge is 2.30. The number of ether oxygens (including phenoxy) is 1. The molecule has 4 heteroatoms. The molecule has 2 aromatic rings. The van der Waals surface area contributed by atoms with Gasteiger partial charge in [0.25, 0.3) is 0 Å². The van der Waals surface area contributed by atoms with Gasteiger partial charge in [-0.15, -0.1) is 0 Å². The Morgan fingerprint density at radius 2 is 2.05 bits per heavy atom. The molecule has 0 saturated heterocycles. The zero-order chi connectivity index (χ0) is 14.8. The molecular formula is C17H17Cl2NO. The van der Waals surface area contributed by atoms with Crippen LogP contribution in [0.25, 0.3) is 0 Å². The zero-order valence-corrected chi connectivity index (χ0v) is 13.3. The first-order valence-electron chi connectivity index (χ1n) is 7.02. The Balaban J connectivity index is 1.83. The molecule has 2 atom stereocenters. The van der Waals surface area contributed by atoms with E-state index in [2.05, 4.69) is 17.4 Å². The predicted octanol–water partition coefficient (Wildman–Crippen LogP) is 4.30. The van der Waals surface area contributed by atoms with Crippen molar-refractivity contribution in [3.8, 4) is 5.75 Å². The highest BCUT2D eigenvalue weighted by Crippen LogP contribution is 2.37. The average molecular weight is 322 g/mol. The molecule has 0 bridgehead atoms. The maximum absolute atomic E-state index is 6.29. The van der Waals surface area contributed by atoms with Gasteiger partial charge in [-0.1, -0.05) is 47.5 Å². The Kier molecular flexibility index (Phi) is 4.39. The molecule has 2 aromatic carbocycles. The second kappa shape index (κ2) is 6.27. The van der Waals surface area contributed by atoms with Gasteiger partial charge in [0.05, 0.1) is 6.61 Å². The van der Waals surface area contributed by atoms with Gasteiger partial charge in [-0.3, -0.25) is 0 Å². The molecule has 0 saturated carbocycles. The highest BCUT2D eigenvalue weighted by molar-refractivity contribution is 6.35. The maximum Gasteiger partial charge on any atom is 0.122 e. The molecule has 0 spiro atoms. The van der Waals surface area contributed by atoms with E-state index in [0.717, 1.165) is 22.8 Å². The van der Waals surface area contributed by atoms with Crippen LogP contribution in [0.3, 0.4) is 0 Å². The summed E-state index contributed by atoms with van der Waals surface area (Å²) in [5, 5.41) is 4.79. The summed E-state index contributed by atoms with van der Waals surface area (Å²) in [6.07, 6.45) is 0.842. The highest BCUT2D eigenvalue weighted by atomic mass is 35.5. The number of hydrogen-bond acceptors (Lipinski definition) is 2. The van der Waals surface area contributed by atoms with E-state index in [1.165, 1.54) is 5.56 Å². The molecule has 0 aliphatic carbocycles. The van der Waals surface area contributed by atoms with Crippen molar-refractivity contribution in [2.75, 3.05) is 13.7 Å². The predicted molar refractivity (Wildman–Crippen MR) is 87.7 cm³/mol. The summed E-state index contributed by atoms with van der Waals surface area (Å²) in [6, 6.07) is 14.2. The molecule has 1 aliphatic heterocycles. The Labute approximate surface area is 135 Å². The lowest BCUT2D eigenvalue weighted by Gasteiger charge is -2.23. The molecule has 2 nitrogen and oxygen atoms in total. The van der Waals surface area contributed by atoms with Crippen molar-refractivity contribution in [1.29, 1.82) is 0 Å². The number of para-hydroxylation sites is 1. The minimum atomic E-state index is 0.271. The lowest BCUT2D eigenvalue weighted by atomic mass is 9.89. The van der Waals surface area contributed by atoms with E-state index in [0.29, 0.717) is 17.5 Å². The summed E-state index contributed by atoms with van der Waals surface area (Å²) in [7, 11) is 1.98. The molecule has 110 valence electrons. The van der Waals surface area contributed by atoms with Crippen molar-refractivity contribution in [2.24, 2.45) is 0 Å².